The molecule has 0 radical (unpaired) electrons. The molecule has 1 atom stereocenters. The predicted molar refractivity (Wildman–Crippen MR) is 68.7 cm³/mol. The van der Waals surface area contributed by atoms with Gasteiger partial charge in [-0.05, 0) is 24.6 Å². The van der Waals surface area contributed by atoms with Crippen molar-refractivity contribution in [2.75, 3.05) is 13.2 Å². The largest absolute Gasteiger partial charge is 0.415 e. The van der Waals surface area contributed by atoms with Crippen molar-refractivity contribution in [2.45, 2.75) is 51.4 Å². The molecule has 0 spiro atoms. The average Bonchev–Trinajstić information content (AvgIpc) is 2.46. The molecule has 1 saturated heterocycles. The SMILES string of the molecule is C=C1CNC(CO[Si](C)(C)C(C)(C)C)C1. The fraction of sp³-hybridized carbons (Fsp3) is 0.833. The Labute approximate surface area is 95.2 Å². The molecule has 1 aliphatic heterocycles. The molecule has 3 heteroatoms. The second kappa shape index (κ2) is 4.40. The number of nitrogens with one attached hydrogen (secondary N) is 1. The molecule has 0 aliphatic carbocycles. The first kappa shape index (κ1) is 12.9. The van der Waals surface area contributed by atoms with Crippen LogP contribution in [0.5, 0.6) is 0 Å². The van der Waals surface area contributed by atoms with Crippen LogP contribution in [-0.2, 0) is 4.43 Å². The fourth-order valence-electron chi connectivity index (χ4n) is 1.42. The summed E-state index contributed by atoms with van der Waals surface area (Å²) in [7, 11) is -1.56. The first-order chi connectivity index (χ1) is 6.72. The highest BCUT2D eigenvalue weighted by atomic mass is 28.4. The molecule has 1 N–H and O–H groups in total. The van der Waals surface area contributed by atoms with Gasteiger partial charge in [-0.15, -0.1) is 0 Å². The highest BCUT2D eigenvalue weighted by molar-refractivity contribution is 6.74. The van der Waals surface area contributed by atoms with E-state index in [0.29, 0.717) is 11.1 Å². The van der Waals surface area contributed by atoms with Gasteiger partial charge in [0.1, 0.15) is 0 Å². The minimum atomic E-state index is -1.56. The molecule has 0 saturated carbocycles. The van der Waals surface area contributed by atoms with Crippen LogP contribution in [0.15, 0.2) is 12.2 Å². The number of rotatable bonds is 3. The van der Waals surface area contributed by atoms with Gasteiger partial charge in [0.05, 0.1) is 0 Å². The second-order valence-corrected chi connectivity index (χ2v) is 10.9. The Morgan fingerprint density at radius 3 is 2.47 bits per heavy atom. The number of hydrogen-bond acceptors (Lipinski definition) is 2. The van der Waals surface area contributed by atoms with Crippen molar-refractivity contribution in [3.63, 3.8) is 0 Å². The van der Waals surface area contributed by atoms with Gasteiger partial charge in [-0.3, -0.25) is 0 Å². The quantitative estimate of drug-likeness (QED) is 0.591. The molecular formula is C12H25NOSi. The Morgan fingerprint density at radius 2 is 2.07 bits per heavy atom. The molecule has 0 bridgehead atoms. The molecule has 0 aromatic heterocycles. The Morgan fingerprint density at radius 1 is 1.47 bits per heavy atom. The summed E-state index contributed by atoms with van der Waals surface area (Å²) in [6, 6.07) is 0.492. The normalized spacial score (nSPS) is 23.5. The Hall–Kier alpha value is -0.123. The minimum Gasteiger partial charge on any atom is -0.415 e. The summed E-state index contributed by atoms with van der Waals surface area (Å²) < 4.78 is 6.16. The van der Waals surface area contributed by atoms with Crippen molar-refractivity contribution in [1.29, 1.82) is 0 Å². The van der Waals surface area contributed by atoms with E-state index in [1.54, 1.807) is 0 Å². The zero-order valence-electron chi connectivity index (χ0n) is 10.8. The lowest BCUT2D eigenvalue weighted by atomic mass is 10.2. The lowest BCUT2D eigenvalue weighted by Crippen LogP contribution is -2.43. The third-order valence-corrected chi connectivity index (χ3v) is 8.13. The van der Waals surface area contributed by atoms with Crippen molar-refractivity contribution >= 4 is 8.32 Å². The molecule has 88 valence electrons. The van der Waals surface area contributed by atoms with E-state index in [2.05, 4.69) is 45.8 Å². The standard InChI is InChI=1S/C12H25NOSi/c1-10-7-11(13-8-10)9-14-15(5,6)12(2,3)4/h11,13H,1,7-9H2,2-6H3. The van der Waals surface area contributed by atoms with Crippen LogP contribution in [0.25, 0.3) is 0 Å². The average molecular weight is 227 g/mol. The summed E-state index contributed by atoms with van der Waals surface area (Å²) in [5.41, 5.74) is 1.30. The molecule has 0 amide bonds. The molecule has 1 rings (SSSR count). The third-order valence-electron chi connectivity index (χ3n) is 3.63. The highest BCUT2D eigenvalue weighted by Crippen LogP contribution is 2.36. The highest BCUT2D eigenvalue weighted by Gasteiger charge is 2.37. The van der Waals surface area contributed by atoms with E-state index in [-0.39, 0.29) is 0 Å². The second-order valence-electron chi connectivity index (χ2n) is 6.10. The first-order valence-corrected chi connectivity index (χ1v) is 8.67. The van der Waals surface area contributed by atoms with Gasteiger partial charge in [0.25, 0.3) is 0 Å². The van der Waals surface area contributed by atoms with Gasteiger partial charge in [-0.25, -0.2) is 0 Å². The summed E-state index contributed by atoms with van der Waals surface area (Å²) in [4.78, 5) is 0. The summed E-state index contributed by atoms with van der Waals surface area (Å²) in [6.45, 7) is 17.2. The van der Waals surface area contributed by atoms with E-state index in [9.17, 15) is 0 Å². The lowest BCUT2D eigenvalue weighted by Gasteiger charge is -2.36. The van der Waals surface area contributed by atoms with Gasteiger partial charge in [-0.2, -0.15) is 0 Å². The van der Waals surface area contributed by atoms with Gasteiger partial charge in [-0.1, -0.05) is 32.9 Å². The van der Waals surface area contributed by atoms with Crippen molar-refractivity contribution in [1.82, 2.24) is 5.32 Å². The zero-order valence-corrected chi connectivity index (χ0v) is 11.8. The van der Waals surface area contributed by atoms with E-state index < -0.39 is 8.32 Å². The van der Waals surface area contributed by atoms with Crippen molar-refractivity contribution < 1.29 is 4.43 Å². The molecule has 1 fully saturated rings. The van der Waals surface area contributed by atoms with E-state index in [0.717, 1.165) is 19.6 Å². The monoisotopic (exact) mass is 227 g/mol. The van der Waals surface area contributed by atoms with Gasteiger partial charge < -0.3 is 9.74 Å². The van der Waals surface area contributed by atoms with Crippen LogP contribution >= 0.6 is 0 Å². The van der Waals surface area contributed by atoms with Crippen LogP contribution in [0.4, 0.5) is 0 Å². The molecule has 1 heterocycles. The van der Waals surface area contributed by atoms with Gasteiger partial charge in [0, 0.05) is 19.2 Å². The molecule has 0 aromatic rings. The lowest BCUT2D eigenvalue weighted by molar-refractivity contribution is 0.254. The van der Waals surface area contributed by atoms with Gasteiger partial charge >= 0.3 is 0 Å². The smallest absolute Gasteiger partial charge is 0.192 e. The Bertz CT molecular complexity index is 242. The predicted octanol–water partition coefficient (Wildman–Crippen LogP) is 2.93. The Balaban J connectivity index is 2.40. The molecular weight excluding hydrogens is 202 g/mol. The summed E-state index contributed by atoms with van der Waals surface area (Å²) in [6.07, 6.45) is 1.08. The first-order valence-electron chi connectivity index (χ1n) is 5.76. The van der Waals surface area contributed by atoms with Crippen LogP contribution in [0.1, 0.15) is 27.2 Å². The summed E-state index contributed by atoms with van der Waals surface area (Å²) in [5.74, 6) is 0. The van der Waals surface area contributed by atoms with E-state index in [1.165, 1.54) is 5.57 Å². The van der Waals surface area contributed by atoms with Crippen LogP contribution in [0.2, 0.25) is 18.1 Å². The minimum absolute atomic E-state index is 0.308. The van der Waals surface area contributed by atoms with Crippen molar-refractivity contribution in [3.05, 3.63) is 12.2 Å². The van der Waals surface area contributed by atoms with Gasteiger partial charge in [0.2, 0.25) is 0 Å². The Kier molecular flexibility index (Phi) is 3.79. The van der Waals surface area contributed by atoms with E-state index >= 15 is 0 Å². The molecule has 1 unspecified atom stereocenters. The van der Waals surface area contributed by atoms with Crippen LogP contribution < -0.4 is 5.32 Å². The maximum Gasteiger partial charge on any atom is 0.192 e. The molecule has 15 heavy (non-hydrogen) atoms. The van der Waals surface area contributed by atoms with Crippen molar-refractivity contribution in [3.8, 4) is 0 Å². The van der Waals surface area contributed by atoms with Crippen molar-refractivity contribution in [2.24, 2.45) is 0 Å². The molecule has 2 nitrogen and oxygen atoms in total. The van der Waals surface area contributed by atoms with Crippen LogP contribution in [0, 0.1) is 0 Å². The third kappa shape index (κ3) is 3.43. The fourth-order valence-corrected chi connectivity index (χ4v) is 2.48. The zero-order chi connectivity index (χ0) is 11.7. The molecule has 0 aromatic carbocycles. The maximum absolute atomic E-state index is 6.16. The van der Waals surface area contributed by atoms with Crippen LogP contribution in [-0.4, -0.2) is 27.5 Å². The van der Waals surface area contributed by atoms with Gasteiger partial charge in [0.15, 0.2) is 8.32 Å². The van der Waals surface area contributed by atoms with E-state index in [1.807, 2.05) is 0 Å². The molecule has 1 aliphatic rings. The summed E-state index contributed by atoms with van der Waals surface area (Å²) >= 11 is 0. The van der Waals surface area contributed by atoms with Crippen LogP contribution in [0.3, 0.4) is 0 Å². The van der Waals surface area contributed by atoms with E-state index in [4.69, 9.17) is 4.43 Å². The summed E-state index contributed by atoms with van der Waals surface area (Å²) in [5, 5.41) is 3.74. The maximum atomic E-state index is 6.16. The topological polar surface area (TPSA) is 21.3 Å². The number of hydrogen-bond donors (Lipinski definition) is 1.